The van der Waals surface area contributed by atoms with Crippen molar-refractivity contribution in [2.45, 2.75) is 120 Å². The van der Waals surface area contributed by atoms with Gasteiger partial charge in [0.25, 0.3) is 0 Å². The maximum atomic E-state index is 14.1. The number of rotatable bonds is 9. The Labute approximate surface area is 259 Å². The second kappa shape index (κ2) is 12.2. The van der Waals surface area contributed by atoms with Gasteiger partial charge in [-0.25, -0.2) is 21.6 Å². The molecule has 0 bridgehead atoms. The van der Waals surface area contributed by atoms with Crippen molar-refractivity contribution < 1.29 is 26.7 Å². The molecule has 1 saturated heterocycles. The van der Waals surface area contributed by atoms with E-state index in [1.165, 1.54) is 6.42 Å². The topological polar surface area (TPSA) is 118 Å². The molecule has 11 heteroatoms. The molecule has 1 aliphatic carbocycles. The highest BCUT2D eigenvalue weighted by Crippen LogP contribution is 2.39. The van der Waals surface area contributed by atoms with E-state index < -0.39 is 36.6 Å². The van der Waals surface area contributed by atoms with Gasteiger partial charge in [-0.1, -0.05) is 46.1 Å². The van der Waals surface area contributed by atoms with Gasteiger partial charge < -0.3 is 14.4 Å². The maximum absolute atomic E-state index is 14.1. The van der Waals surface area contributed by atoms with Gasteiger partial charge in [0.15, 0.2) is 0 Å². The van der Waals surface area contributed by atoms with Gasteiger partial charge in [0.05, 0.1) is 29.2 Å². The fraction of sp³-hybridized carbons (Fsp3) is 0.688. The summed E-state index contributed by atoms with van der Waals surface area (Å²) >= 11 is 0. The molecule has 2 heterocycles. The van der Waals surface area contributed by atoms with Gasteiger partial charge >= 0.3 is 0 Å². The molecule has 242 valence electrons. The van der Waals surface area contributed by atoms with Crippen LogP contribution in [0.3, 0.4) is 0 Å². The number of hydrogen-bond donors (Lipinski definition) is 2. The van der Waals surface area contributed by atoms with Crippen molar-refractivity contribution in [2.75, 3.05) is 26.3 Å². The van der Waals surface area contributed by atoms with E-state index >= 15 is 0 Å². The minimum Gasteiger partial charge on any atom is -0.389 e. The lowest BCUT2D eigenvalue weighted by Gasteiger charge is -2.41. The summed E-state index contributed by atoms with van der Waals surface area (Å²) in [6.07, 6.45) is 5.74. The summed E-state index contributed by atoms with van der Waals surface area (Å²) in [5.74, 6) is 0.434. The Morgan fingerprint density at radius 1 is 1.00 bits per heavy atom. The summed E-state index contributed by atoms with van der Waals surface area (Å²) in [6, 6.07) is 7.12. The number of morpholine rings is 1. The lowest BCUT2D eigenvalue weighted by atomic mass is 9.85. The van der Waals surface area contributed by atoms with Crippen molar-refractivity contribution in [3.05, 3.63) is 35.5 Å². The number of nitrogens with one attached hydrogen (secondary N) is 1. The van der Waals surface area contributed by atoms with Crippen molar-refractivity contribution in [3.63, 3.8) is 0 Å². The molecule has 2 aromatic rings. The Kier molecular flexibility index (Phi) is 9.69. The number of sulfonamides is 2. The van der Waals surface area contributed by atoms with E-state index in [-0.39, 0.29) is 22.9 Å². The molecule has 4 rings (SSSR count). The molecule has 1 aromatic heterocycles. The minimum absolute atomic E-state index is 0.115. The van der Waals surface area contributed by atoms with Crippen LogP contribution in [0.15, 0.2) is 34.1 Å². The smallest absolute Gasteiger partial charge is 0.244 e. The second-order valence-electron chi connectivity index (χ2n) is 14.6. The molecular weight excluding hydrogens is 587 g/mol. The van der Waals surface area contributed by atoms with Crippen LogP contribution in [0.4, 0.5) is 0 Å². The van der Waals surface area contributed by atoms with Crippen LogP contribution >= 0.6 is 0 Å². The van der Waals surface area contributed by atoms with Crippen LogP contribution in [0.1, 0.15) is 91.8 Å². The van der Waals surface area contributed by atoms with Gasteiger partial charge in [-0.2, -0.15) is 4.31 Å². The van der Waals surface area contributed by atoms with Crippen LogP contribution in [0.5, 0.6) is 0 Å². The molecule has 0 radical (unpaired) electrons. The van der Waals surface area contributed by atoms with E-state index in [9.17, 15) is 21.9 Å². The van der Waals surface area contributed by atoms with E-state index in [4.69, 9.17) is 4.74 Å². The normalized spacial score (nSPS) is 19.6. The largest absolute Gasteiger partial charge is 0.389 e. The minimum atomic E-state index is -3.92. The van der Waals surface area contributed by atoms with Crippen LogP contribution in [-0.4, -0.2) is 68.3 Å². The Bertz CT molecular complexity index is 1520. The summed E-state index contributed by atoms with van der Waals surface area (Å²) in [5.41, 5.74) is 0.435. The summed E-state index contributed by atoms with van der Waals surface area (Å²) in [5, 5.41) is 10.2. The molecule has 0 unspecified atom stereocenters. The summed E-state index contributed by atoms with van der Waals surface area (Å²) in [4.78, 5) is 0.437. The molecule has 0 amide bonds. The van der Waals surface area contributed by atoms with E-state index in [2.05, 4.69) is 9.29 Å². The molecular formula is C32H51N3O6S2. The molecule has 0 spiro atoms. The number of hydrogen-bond acceptors (Lipinski definition) is 6. The second-order valence-corrected chi connectivity index (χ2v) is 18.2. The van der Waals surface area contributed by atoms with Crippen molar-refractivity contribution in [3.8, 4) is 11.3 Å². The predicted octanol–water partition coefficient (Wildman–Crippen LogP) is 5.19. The summed E-state index contributed by atoms with van der Waals surface area (Å²) in [7, 11) is -7.76. The fourth-order valence-corrected chi connectivity index (χ4v) is 9.86. The van der Waals surface area contributed by atoms with Crippen molar-refractivity contribution in [1.29, 1.82) is 0 Å². The van der Waals surface area contributed by atoms with E-state index in [0.717, 1.165) is 36.9 Å². The van der Waals surface area contributed by atoms with Gasteiger partial charge in [-0.05, 0) is 88.1 Å². The standard InChI is InChI=1S/C32H51N3O6S2/c1-23-29(42(37,38)33-21-32(7,8)36)19-27(34(23)20-24-12-10-9-11-13-24)25-14-15-28(26(18-25)30(2,3)4)43(39,40)35-16-17-41-22-31(35,5)6/h14-15,18-19,24,33,36H,9-13,16-17,20-22H2,1-8H3. The molecule has 2 aliphatic rings. The van der Waals surface area contributed by atoms with Crippen molar-refractivity contribution in [1.82, 2.24) is 13.6 Å². The van der Waals surface area contributed by atoms with Gasteiger partial charge in [0.2, 0.25) is 20.0 Å². The number of aromatic nitrogens is 1. The van der Waals surface area contributed by atoms with Gasteiger partial charge in [-0.3, -0.25) is 0 Å². The predicted molar refractivity (Wildman–Crippen MR) is 170 cm³/mol. The number of ether oxygens (including phenoxy) is 1. The average molecular weight is 638 g/mol. The zero-order chi connectivity index (χ0) is 32.0. The first-order valence-electron chi connectivity index (χ1n) is 15.4. The van der Waals surface area contributed by atoms with Crippen LogP contribution < -0.4 is 4.72 Å². The van der Waals surface area contributed by atoms with Crippen molar-refractivity contribution in [2.24, 2.45) is 5.92 Å². The van der Waals surface area contributed by atoms with Crippen LogP contribution in [0, 0.1) is 12.8 Å². The van der Waals surface area contributed by atoms with Crippen LogP contribution in [0.25, 0.3) is 11.3 Å². The first-order chi connectivity index (χ1) is 19.7. The van der Waals surface area contributed by atoms with Gasteiger partial charge in [0.1, 0.15) is 4.90 Å². The molecule has 2 fully saturated rings. The van der Waals surface area contributed by atoms with Gasteiger partial charge in [0, 0.05) is 31.0 Å². The summed E-state index contributed by atoms with van der Waals surface area (Å²) in [6.45, 7) is 16.2. The zero-order valence-corrected chi connectivity index (χ0v) is 28.8. The maximum Gasteiger partial charge on any atom is 0.244 e. The highest BCUT2D eigenvalue weighted by atomic mass is 32.2. The Morgan fingerprint density at radius 2 is 1.65 bits per heavy atom. The van der Waals surface area contributed by atoms with Crippen LogP contribution in [-0.2, 0) is 36.7 Å². The number of benzene rings is 1. The zero-order valence-electron chi connectivity index (χ0n) is 27.2. The molecule has 1 aromatic carbocycles. The average Bonchev–Trinajstić information content (AvgIpc) is 3.23. The highest BCUT2D eigenvalue weighted by molar-refractivity contribution is 7.89. The molecule has 2 N–H and O–H groups in total. The number of aliphatic hydroxyl groups is 1. The third-order valence-corrected chi connectivity index (χ3v) is 12.4. The SMILES string of the molecule is Cc1c(S(=O)(=O)NCC(C)(C)O)cc(-c2ccc(S(=O)(=O)N3CCOCC3(C)C)c(C(C)(C)C)c2)n1CC1CCCCC1. The number of nitrogens with zero attached hydrogens (tertiary/aromatic N) is 2. The highest BCUT2D eigenvalue weighted by Gasteiger charge is 2.41. The van der Waals surface area contributed by atoms with E-state index in [1.54, 1.807) is 30.3 Å². The first-order valence-corrected chi connectivity index (χ1v) is 18.3. The third-order valence-electron chi connectivity index (χ3n) is 8.69. The first kappa shape index (κ1) is 34.1. The monoisotopic (exact) mass is 637 g/mol. The van der Waals surface area contributed by atoms with Crippen molar-refractivity contribution >= 4 is 20.0 Å². The Hall–Kier alpha value is -1.76. The molecule has 9 nitrogen and oxygen atoms in total. The molecule has 43 heavy (non-hydrogen) atoms. The lowest BCUT2D eigenvalue weighted by Crippen LogP contribution is -2.55. The molecule has 1 saturated carbocycles. The Morgan fingerprint density at radius 3 is 2.23 bits per heavy atom. The molecule has 0 atom stereocenters. The third kappa shape index (κ3) is 7.56. The quantitative estimate of drug-likeness (QED) is 0.391. The van der Waals surface area contributed by atoms with E-state index in [0.29, 0.717) is 36.9 Å². The summed E-state index contributed by atoms with van der Waals surface area (Å²) < 4.78 is 67.1. The van der Waals surface area contributed by atoms with Gasteiger partial charge in [-0.15, -0.1) is 0 Å². The van der Waals surface area contributed by atoms with Crippen LogP contribution in [0.2, 0.25) is 0 Å². The molecule has 1 aliphatic heterocycles. The van der Waals surface area contributed by atoms with E-state index in [1.807, 2.05) is 53.7 Å². The fourth-order valence-electron chi connectivity index (χ4n) is 6.25. The lowest BCUT2D eigenvalue weighted by molar-refractivity contribution is -0.00774. The Balaban J connectivity index is 1.86.